The molecule has 0 saturated heterocycles. The molecule has 1 aliphatic carbocycles. The summed E-state index contributed by atoms with van der Waals surface area (Å²) in [5, 5.41) is 3.04. The van der Waals surface area contributed by atoms with E-state index in [1.165, 1.54) is 0 Å². The predicted molar refractivity (Wildman–Crippen MR) is 103 cm³/mol. The van der Waals surface area contributed by atoms with E-state index in [0.29, 0.717) is 12.2 Å². The van der Waals surface area contributed by atoms with E-state index in [2.05, 4.69) is 25.9 Å². The van der Waals surface area contributed by atoms with Crippen LogP contribution >= 0.6 is 0 Å². The number of imidazole rings is 2. The van der Waals surface area contributed by atoms with Crippen LogP contribution in [0.15, 0.2) is 43.0 Å². The molecule has 1 amide bonds. The molecular weight excluding hydrogens is 354 g/mol. The lowest BCUT2D eigenvalue weighted by Crippen LogP contribution is -2.27. The lowest BCUT2D eigenvalue weighted by atomic mass is 9.93. The van der Waals surface area contributed by atoms with Gasteiger partial charge in [0.25, 0.3) is 5.91 Å². The first-order valence-electron chi connectivity index (χ1n) is 9.65. The van der Waals surface area contributed by atoms with E-state index in [0.717, 1.165) is 48.6 Å². The van der Waals surface area contributed by atoms with Crippen LogP contribution in [-0.4, -0.2) is 39.1 Å². The fraction of sp³-hybridized carbons (Fsp3) is 0.381. The van der Waals surface area contributed by atoms with Gasteiger partial charge in [0.2, 0.25) is 0 Å². The monoisotopic (exact) mass is 377 g/mol. The number of rotatable bonds is 5. The van der Waals surface area contributed by atoms with Gasteiger partial charge in [0.15, 0.2) is 0 Å². The molecule has 3 aromatic rings. The largest absolute Gasteiger partial charge is 0.496 e. The van der Waals surface area contributed by atoms with E-state index in [1.807, 2.05) is 30.7 Å². The van der Waals surface area contributed by atoms with Crippen LogP contribution in [-0.2, 0) is 18.4 Å². The van der Waals surface area contributed by atoms with Crippen molar-refractivity contribution in [2.45, 2.75) is 37.1 Å². The van der Waals surface area contributed by atoms with Gasteiger partial charge >= 0.3 is 0 Å². The van der Waals surface area contributed by atoms with Crippen molar-refractivity contribution < 1.29 is 9.53 Å². The zero-order chi connectivity index (χ0) is 19.1. The number of aromatic amines is 1. The average molecular weight is 377 g/mol. The van der Waals surface area contributed by atoms with Gasteiger partial charge in [0.1, 0.15) is 17.3 Å². The Labute approximate surface area is 163 Å². The molecule has 1 atom stereocenters. The number of H-pyrrole nitrogens is 1. The standard InChI is InChI=1S/C21H23N5O2/c1-28-17-5-3-2-4-15(17)14-10-16-18(19(27)23-11-14)25-20(24-16)21(6-7-21)12-26-9-8-22-13-26/h2-5,8-9,13-14H,6-7,10-12H2,1H3,(H,23,27)(H,24,25)/t14-/m0/s1. The summed E-state index contributed by atoms with van der Waals surface area (Å²) in [5.74, 6) is 1.80. The van der Waals surface area contributed by atoms with Gasteiger partial charge in [-0.2, -0.15) is 0 Å². The van der Waals surface area contributed by atoms with Crippen molar-refractivity contribution in [3.05, 3.63) is 65.8 Å². The lowest BCUT2D eigenvalue weighted by molar-refractivity contribution is 0.0950. The lowest BCUT2D eigenvalue weighted by Gasteiger charge is -2.18. The van der Waals surface area contributed by atoms with Crippen LogP contribution in [0.5, 0.6) is 5.75 Å². The number of benzene rings is 1. The number of ether oxygens (including phenoxy) is 1. The van der Waals surface area contributed by atoms with Gasteiger partial charge in [-0.3, -0.25) is 4.79 Å². The Morgan fingerprint density at radius 3 is 2.93 bits per heavy atom. The third kappa shape index (κ3) is 2.87. The molecule has 2 aromatic heterocycles. The Bertz CT molecular complexity index is 1000. The van der Waals surface area contributed by atoms with Crippen molar-refractivity contribution in [3.63, 3.8) is 0 Å². The molecule has 3 heterocycles. The summed E-state index contributed by atoms with van der Waals surface area (Å²) in [7, 11) is 1.68. The number of para-hydroxylation sites is 1. The van der Waals surface area contributed by atoms with Crippen molar-refractivity contribution in [2.24, 2.45) is 0 Å². The van der Waals surface area contributed by atoms with E-state index >= 15 is 0 Å². The summed E-state index contributed by atoms with van der Waals surface area (Å²) >= 11 is 0. The maximum Gasteiger partial charge on any atom is 0.271 e. The fourth-order valence-electron chi connectivity index (χ4n) is 4.19. The molecule has 7 heteroatoms. The van der Waals surface area contributed by atoms with Crippen molar-refractivity contribution in [2.75, 3.05) is 13.7 Å². The molecule has 1 aromatic carbocycles. The Morgan fingerprint density at radius 1 is 1.32 bits per heavy atom. The van der Waals surface area contributed by atoms with Gasteiger partial charge in [-0.15, -0.1) is 0 Å². The first-order chi connectivity index (χ1) is 13.7. The highest BCUT2D eigenvalue weighted by Gasteiger charge is 2.48. The summed E-state index contributed by atoms with van der Waals surface area (Å²) in [6.07, 6.45) is 8.45. The van der Waals surface area contributed by atoms with Crippen molar-refractivity contribution in [3.8, 4) is 5.75 Å². The van der Waals surface area contributed by atoms with Crippen LogP contribution in [0.4, 0.5) is 0 Å². The third-order valence-corrected chi connectivity index (χ3v) is 5.93. The number of nitrogens with one attached hydrogen (secondary N) is 2. The van der Waals surface area contributed by atoms with Gasteiger partial charge in [0, 0.05) is 42.5 Å². The normalized spacial score (nSPS) is 20.2. The van der Waals surface area contributed by atoms with Gasteiger partial charge < -0.3 is 19.6 Å². The number of hydrogen-bond acceptors (Lipinski definition) is 4. The fourth-order valence-corrected chi connectivity index (χ4v) is 4.19. The van der Waals surface area contributed by atoms with Crippen LogP contribution < -0.4 is 10.1 Å². The van der Waals surface area contributed by atoms with Crippen LogP contribution in [0.2, 0.25) is 0 Å². The van der Waals surface area contributed by atoms with Crippen molar-refractivity contribution in [1.29, 1.82) is 0 Å². The van der Waals surface area contributed by atoms with Crippen LogP contribution in [0, 0.1) is 0 Å². The number of carbonyl (C=O) groups excluding carboxylic acids is 1. The quantitative estimate of drug-likeness (QED) is 0.715. The molecule has 5 rings (SSSR count). The Morgan fingerprint density at radius 2 is 2.18 bits per heavy atom. The summed E-state index contributed by atoms with van der Waals surface area (Å²) in [6, 6.07) is 8.00. The number of fused-ring (bicyclic) bond motifs is 1. The van der Waals surface area contributed by atoms with E-state index in [9.17, 15) is 4.79 Å². The second-order valence-electron chi connectivity index (χ2n) is 7.78. The molecule has 2 N–H and O–H groups in total. The number of hydrogen-bond donors (Lipinski definition) is 2. The van der Waals surface area contributed by atoms with E-state index in [-0.39, 0.29) is 17.2 Å². The average Bonchev–Trinajstić information content (AvgIpc) is 3.14. The first kappa shape index (κ1) is 17.0. The second kappa shape index (κ2) is 6.51. The summed E-state index contributed by atoms with van der Waals surface area (Å²) in [4.78, 5) is 25.1. The highest BCUT2D eigenvalue weighted by atomic mass is 16.5. The first-order valence-corrected chi connectivity index (χ1v) is 9.65. The molecule has 0 bridgehead atoms. The molecule has 7 nitrogen and oxygen atoms in total. The molecule has 2 aliphatic rings. The molecule has 0 unspecified atom stereocenters. The SMILES string of the molecule is COc1ccccc1[C@@H]1CNC(=O)c2nc(C3(Cn4ccnc4)CC3)[nH]c2C1. The maximum absolute atomic E-state index is 12.7. The molecule has 1 saturated carbocycles. The number of aromatic nitrogens is 4. The number of carbonyl (C=O) groups is 1. The summed E-state index contributed by atoms with van der Waals surface area (Å²) in [6.45, 7) is 1.40. The maximum atomic E-state index is 12.7. The van der Waals surface area contributed by atoms with Gasteiger partial charge in [-0.1, -0.05) is 18.2 Å². The molecule has 28 heavy (non-hydrogen) atoms. The topological polar surface area (TPSA) is 84.8 Å². The minimum atomic E-state index is -0.103. The molecule has 144 valence electrons. The van der Waals surface area contributed by atoms with Crippen LogP contribution in [0.25, 0.3) is 0 Å². The summed E-state index contributed by atoms with van der Waals surface area (Å²) < 4.78 is 7.62. The zero-order valence-electron chi connectivity index (χ0n) is 15.8. The van der Waals surface area contributed by atoms with Gasteiger partial charge in [-0.25, -0.2) is 9.97 Å². The van der Waals surface area contributed by atoms with Crippen LogP contribution in [0.3, 0.4) is 0 Å². The van der Waals surface area contributed by atoms with Gasteiger partial charge in [0.05, 0.1) is 13.4 Å². The number of methoxy groups -OCH3 is 1. The van der Waals surface area contributed by atoms with E-state index in [4.69, 9.17) is 9.72 Å². The second-order valence-corrected chi connectivity index (χ2v) is 7.78. The van der Waals surface area contributed by atoms with E-state index in [1.54, 1.807) is 13.3 Å². The number of nitrogens with zero attached hydrogens (tertiary/aromatic N) is 3. The minimum absolute atomic E-state index is 0.0207. The highest BCUT2D eigenvalue weighted by Crippen LogP contribution is 2.48. The minimum Gasteiger partial charge on any atom is -0.496 e. The smallest absolute Gasteiger partial charge is 0.271 e. The predicted octanol–water partition coefficient (Wildman–Crippen LogP) is 2.42. The van der Waals surface area contributed by atoms with Crippen LogP contribution in [0.1, 0.15) is 46.3 Å². The zero-order valence-corrected chi connectivity index (χ0v) is 15.8. The third-order valence-electron chi connectivity index (χ3n) is 5.93. The Balaban J connectivity index is 1.46. The highest BCUT2D eigenvalue weighted by molar-refractivity contribution is 5.94. The summed E-state index contributed by atoms with van der Waals surface area (Å²) in [5.41, 5.74) is 2.53. The van der Waals surface area contributed by atoms with Crippen molar-refractivity contribution >= 4 is 5.91 Å². The molecule has 1 fully saturated rings. The van der Waals surface area contributed by atoms with E-state index < -0.39 is 0 Å². The Hall–Kier alpha value is -3.09. The molecule has 0 radical (unpaired) electrons. The number of amides is 1. The Kier molecular flexibility index (Phi) is 3.96. The molecule has 0 spiro atoms. The molecular formula is C21H23N5O2. The van der Waals surface area contributed by atoms with Gasteiger partial charge in [-0.05, 0) is 30.9 Å². The molecule has 1 aliphatic heterocycles. The van der Waals surface area contributed by atoms with Crippen molar-refractivity contribution in [1.82, 2.24) is 24.8 Å².